The highest BCUT2D eigenvalue weighted by Crippen LogP contribution is 2.07. The maximum atomic E-state index is 11.0. The summed E-state index contributed by atoms with van der Waals surface area (Å²) in [6.07, 6.45) is 0.326. The summed E-state index contributed by atoms with van der Waals surface area (Å²) in [6, 6.07) is 5.49. The summed E-state index contributed by atoms with van der Waals surface area (Å²) in [6.45, 7) is 0. The van der Waals surface area contributed by atoms with Gasteiger partial charge < -0.3 is 15.6 Å². The van der Waals surface area contributed by atoms with Crippen molar-refractivity contribution in [3.8, 4) is 0 Å². The van der Waals surface area contributed by atoms with Gasteiger partial charge in [0.15, 0.2) is 0 Å². The van der Waals surface area contributed by atoms with Gasteiger partial charge in [-0.05, 0) is 24.1 Å². The van der Waals surface area contributed by atoms with Crippen LogP contribution < -0.4 is 5.73 Å². The lowest BCUT2D eigenvalue weighted by atomic mass is 10.0. The Kier molecular flexibility index (Phi) is 6.23. The molecule has 0 bridgehead atoms. The van der Waals surface area contributed by atoms with Crippen LogP contribution in [0.15, 0.2) is 24.3 Å². The lowest BCUT2D eigenvalue weighted by molar-refractivity contribution is -0.142. The molecule has 3 N–H and O–H groups in total. The minimum Gasteiger partial charge on any atom is -0.478 e. The Bertz CT molecular complexity index is 391. The first-order valence-corrected chi connectivity index (χ1v) is 4.70. The summed E-state index contributed by atoms with van der Waals surface area (Å²) < 4.78 is 4.49. The number of carbonyl (C=O) groups excluding carboxylic acids is 1. The van der Waals surface area contributed by atoms with E-state index in [0.717, 1.165) is 5.56 Å². The lowest BCUT2D eigenvalue weighted by Crippen LogP contribution is -2.33. The summed E-state index contributed by atoms with van der Waals surface area (Å²) in [4.78, 5) is 21.6. The van der Waals surface area contributed by atoms with Crippen LogP contribution in [-0.4, -0.2) is 30.2 Å². The van der Waals surface area contributed by atoms with Crippen LogP contribution in [0.4, 0.5) is 0 Å². The van der Waals surface area contributed by atoms with E-state index in [-0.39, 0.29) is 18.0 Å². The number of methoxy groups -OCH3 is 1. The van der Waals surface area contributed by atoms with Crippen LogP contribution in [0.3, 0.4) is 0 Å². The molecule has 0 saturated heterocycles. The molecule has 1 rings (SSSR count). The van der Waals surface area contributed by atoms with Gasteiger partial charge in [0.05, 0.1) is 12.7 Å². The van der Waals surface area contributed by atoms with Gasteiger partial charge in [-0.15, -0.1) is 12.4 Å². The van der Waals surface area contributed by atoms with Crippen molar-refractivity contribution in [3.63, 3.8) is 0 Å². The van der Waals surface area contributed by atoms with Gasteiger partial charge >= 0.3 is 11.9 Å². The third-order valence-corrected chi connectivity index (χ3v) is 2.16. The van der Waals surface area contributed by atoms with Crippen LogP contribution in [0.1, 0.15) is 15.9 Å². The van der Waals surface area contributed by atoms with E-state index in [1.807, 2.05) is 0 Å². The molecular formula is C11H14ClNO4. The average molecular weight is 260 g/mol. The zero-order chi connectivity index (χ0) is 12.1. The second-order valence-electron chi connectivity index (χ2n) is 3.34. The molecular weight excluding hydrogens is 246 g/mol. The predicted molar refractivity (Wildman–Crippen MR) is 64.3 cm³/mol. The van der Waals surface area contributed by atoms with E-state index in [4.69, 9.17) is 10.8 Å². The summed E-state index contributed by atoms with van der Waals surface area (Å²) in [5, 5.41) is 8.69. The molecule has 5 nitrogen and oxygen atoms in total. The zero-order valence-electron chi connectivity index (χ0n) is 9.25. The molecule has 1 aromatic carbocycles. The lowest BCUT2D eigenvalue weighted by Gasteiger charge is -2.08. The van der Waals surface area contributed by atoms with Gasteiger partial charge in [0.2, 0.25) is 0 Å². The van der Waals surface area contributed by atoms with Gasteiger partial charge in [-0.3, -0.25) is 4.79 Å². The second kappa shape index (κ2) is 6.88. The molecule has 0 saturated carbocycles. The molecule has 0 aliphatic carbocycles. The highest BCUT2D eigenvalue weighted by atomic mass is 35.5. The molecule has 1 atom stereocenters. The van der Waals surface area contributed by atoms with E-state index in [2.05, 4.69) is 4.74 Å². The minimum atomic E-state index is -0.983. The summed E-state index contributed by atoms with van der Waals surface area (Å²) in [5.74, 6) is -1.47. The number of esters is 1. The largest absolute Gasteiger partial charge is 0.478 e. The van der Waals surface area contributed by atoms with Crippen LogP contribution in [0.25, 0.3) is 0 Å². The number of rotatable bonds is 4. The topological polar surface area (TPSA) is 89.6 Å². The SMILES string of the molecule is COC(=O)C(N)Cc1ccc(C(=O)O)cc1.Cl. The molecule has 17 heavy (non-hydrogen) atoms. The Morgan fingerprint density at radius 2 is 1.88 bits per heavy atom. The monoisotopic (exact) mass is 259 g/mol. The standard InChI is InChI=1S/C11H13NO4.ClH/c1-16-11(15)9(12)6-7-2-4-8(5-3-7)10(13)14;/h2-5,9H,6,12H2,1H3,(H,13,14);1H. The van der Waals surface area contributed by atoms with Crippen molar-refractivity contribution in [2.45, 2.75) is 12.5 Å². The number of aromatic carboxylic acids is 1. The van der Waals surface area contributed by atoms with E-state index in [0.29, 0.717) is 6.42 Å². The van der Waals surface area contributed by atoms with Crippen molar-refractivity contribution in [2.75, 3.05) is 7.11 Å². The molecule has 0 aliphatic heterocycles. The Hall–Kier alpha value is -1.59. The highest BCUT2D eigenvalue weighted by Gasteiger charge is 2.14. The predicted octanol–water partition coefficient (Wildman–Crippen LogP) is 0.849. The van der Waals surface area contributed by atoms with Gasteiger partial charge in [0.1, 0.15) is 6.04 Å². The first kappa shape index (κ1) is 15.4. The minimum absolute atomic E-state index is 0. The highest BCUT2D eigenvalue weighted by molar-refractivity contribution is 5.87. The van der Waals surface area contributed by atoms with Crippen LogP contribution in [-0.2, 0) is 16.0 Å². The van der Waals surface area contributed by atoms with E-state index in [1.165, 1.54) is 19.2 Å². The van der Waals surface area contributed by atoms with Crippen molar-refractivity contribution >= 4 is 24.3 Å². The number of carboxylic acid groups (broad SMARTS) is 1. The third kappa shape index (κ3) is 4.42. The van der Waals surface area contributed by atoms with Gasteiger partial charge in [0, 0.05) is 0 Å². The number of hydrogen-bond donors (Lipinski definition) is 2. The van der Waals surface area contributed by atoms with Crippen LogP contribution in [0.2, 0.25) is 0 Å². The molecule has 0 aromatic heterocycles. The molecule has 0 spiro atoms. The van der Waals surface area contributed by atoms with Crippen LogP contribution >= 0.6 is 12.4 Å². The van der Waals surface area contributed by atoms with E-state index in [1.54, 1.807) is 12.1 Å². The number of halogens is 1. The van der Waals surface area contributed by atoms with Crippen molar-refractivity contribution < 1.29 is 19.4 Å². The number of nitrogens with two attached hydrogens (primary N) is 1. The second-order valence-corrected chi connectivity index (χ2v) is 3.34. The van der Waals surface area contributed by atoms with Gasteiger partial charge in [-0.25, -0.2) is 4.79 Å². The van der Waals surface area contributed by atoms with E-state index < -0.39 is 18.0 Å². The van der Waals surface area contributed by atoms with Crippen LogP contribution in [0.5, 0.6) is 0 Å². The number of ether oxygens (including phenoxy) is 1. The molecule has 0 heterocycles. The van der Waals surface area contributed by atoms with Gasteiger partial charge in [0.25, 0.3) is 0 Å². The third-order valence-electron chi connectivity index (χ3n) is 2.16. The first-order chi connectivity index (χ1) is 7.54. The van der Waals surface area contributed by atoms with Crippen molar-refractivity contribution in [3.05, 3.63) is 35.4 Å². The van der Waals surface area contributed by atoms with Crippen molar-refractivity contribution in [1.29, 1.82) is 0 Å². The fraction of sp³-hybridized carbons (Fsp3) is 0.273. The maximum Gasteiger partial charge on any atom is 0.335 e. The number of carboxylic acids is 1. The van der Waals surface area contributed by atoms with Crippen molar-refractivity contribution in [2.24, 2.45) is 5.73 Å². The number of benzene rings is 1. The average Bonchev–Trinajstić information content (AvgIpc) is 2.28. The fourth-order valence-corrected chi connectivity index (χ4v) is 1.27. The van der Waals surface area contributed by atoms with E-state index >= 15 is 0 Å². The fourth-order valence-electron chi connectivity index (χ4n) is 1.27. The van der Waals surface area contributed by atoms with E-state index in [9.17, 15) is 9.59 Å². The molecule has 0 radical (unpaired) electrons. The van der Waals surface area contributed by atoms with Crippen molar-refractivity contribution in [1.82, 2.24) is 0 Å². The zero-order valence-corrected chi connectivity index (χ0v) is 10.1. The summed E-state index contributed by atoms with van der Waals surface area (Å²) >= 11 is 0. The molecule has 0 fully saturated rings. The first-order valence-electron chi connectivity index (χ1n) is 4.70. The Labute approximate surface area is 105 Å². The summed E-state index contributed by atoms with van der Waals surface area (Å²) in [7, 11) is 1.27. The summed E-state index contributed by atoms with van der Waals surface area (Å²) in [5.41, 5.74) is 6.57. The smallest absolute Gasteiger partial charge is 0.335 e. The number of carbonyl (C=O) groups is 2. The number of hydrogen-bond acceptors (Lipinski definition) is 4. The molecule has 94 valence electrons. The quantitative estimate of drug-likeness (QED) is 0.783. The normalized spacial score (nSPS) is 11.2. The molecule has 0 aliphatic rings. The molecule has 1 aromatic rings. The molecule has 1 unspecified atom stereocenters. The van der Waals surface area contributed by atoms with Crippen LogP contribution in [0, 0.1) is 0 Å². The maximum absolute atomic E-state index is 11.0. The Morgan fingerprint density at radius 1 is 1.35 bits per heavy atom. The van der Waals surface area contributed by atoms with Gasteiger partial charge in [-0.1, -0.05) is 12.1 Å². The van der Waals surface area contributed by atoms with Gasteiger partial charge in [-0.2, -0.15) is 0 Å². The molecule has 0 amide bonds. The Morgan fingerprint density at radius 3 is 2.29 bits per heavy atom. The Balaban J connectivity index is 0.00000256. The molecule has 6 heteroatoms.